The van der Waals surface area contributed by atoms with Crippen molar-refractivity contribution in [3.8, 4) is 0 Å². The van der Waals surface area contributed by atoms with E-state index in [-0.39, 0.29) is 47.4 Å². The Hall–Kier alpha value is -3.59. The predicted octanol–water partition coefficient (Wildman–Crippen LogP) is 4.43. The van der Waals surface area contributed by atoms with Crippen molar-refractivity contribution in [2.45, 2.75) is 71.0 Å². The number of amides is 3. The van der Waals surface area contributed by atoms with Gasteiger partial charge in [-0.2, -0.15) is 0 Å². The molecule has 1 N–H and O–H groups in total. The maximum Gasteiger partial charge on any atom is 0.254 e. The van der Waals surface area contributed by atoms with Crippen molar-refractivity contribution in [3.05, 3.63) is 64.7 Å². The lowest BCUT2D eigenvalue weighted by atomic mass is 9.86. The zero-order valence-electron chi connectivity index (χ0n) is 23.6. The first-order valence-electron chi connectivity index (χ1n) is 13.8. The Balaban J connectivity index is 1.32. The lowest BCUT2D eigenvalue weighted by molar-refractivity contribution is -0.138. The van der Waals surface area contributed by atoms with E-state index >= 15 is 0 Å². The summed E-state index contributed by atoms with van der Waals surface area (Å²) in [6.07, 6.45) is 0.970. The summed E-state index contributed by atoms with van der Waals surface area (Å²) in [4.78, 5) is 61.1. The van der Waals surface area contributed by atoms with Crippen LogP contribution in [0.5, 0.6) is 0 Å². The number of ketones is 1. The molecule has 3 amide bonds. The molecule has 0 spiro atoms. The first-order valence-corrected chi connectivity index (χ1v) is 14.7. The molecule has 2 saturated heterocycles. The second-order valence-electron chi connectivity index (χ2n) is 12.2. The molecular weight excluding hydrogens is 524 g/mol. The predicted molar refractivity (Wildman–Crippen MR) is 155 cm³/mol. The van der Waals surface area contributed by atoms with Crippen molar-refractivity contribution >= 4 is 45.1 Å². The van der Waals surface area contributed by atoms with Gasteiger partial charge in [-0.3, -0.25) is 19.2 Å². The van der Waals surface area contributed by atoms with E-state index in [0.717, 1.165) is 15.8 Å². The number of benzene rings is 2. The van der Waals surface area contributed by atoms with Crippen LogP contribution in [0.25, 0.3) is 10.2 Å². The number of aromatic nitrogens is 1. The van der Waals surface area contributed by atoms with Crippen LogP contribution >= 0.6 is 11.3 Å². The van der Waals surface area contributed by atoms with Gasteiger partial charge >= 0.3 is 0 Å². The summed E-state index contributed by atoms with van der Waals surface area (Å²) >= 11 is 1.46. The Morgan fingerprint density at radius 2 is 1.75 bits per heavy atom. The number of carbonyl (C=O) groups excluding carboxylic acids is 4. The van der Waals surface area contributed by atoms with E-state index in [0.29, 0.717) is 30.5 Å². The van der Waals surface area contributed by atoms with E-state index < -0.39 is 12.1 Å². The van der Waals surface area contributed by atoms with Crippen LogP contribution in [0, 0.1) is 5.92 Å². The minimum atomic E-state index is -0.764. The lowest BCUT2D eigenvalue weighted by Gasteiger charge is -2.29. The molecule has 3 aromatic rings. The summed E-state index contributed by atoms with van der Waals surface area (Å²) in [5, 5.41) is 2.94. The maximum atomic E-state index is 13.8. The Kier molecular flexibility index (Phi) is 7.52. The fourth-order valence-corrected chi connectivity index (χ4v) is 6.47. The van der Waals surface area contributed by atoms with E-state index in [2.05, 4.69) is 31.1 Å². The molecule has 3 heterocycles. The molecule has 210 valence electrons. The minimum absolute atomic E-state index is 0.0278. The Morgan fingerprint density at radius 1 is 1.05 bits per heavy atom. The number of hydrogen-bond donors (Lipinski definition) is 1. The van der Waals surface area contributed by atoms with Gasteiger partial charge in [0.2, 0.25) is 5.91 Å². The first-order chi connectivity index (χ1) is 18.9. The number of nitrogens with zero attached hydrogens (tertiary/aromatic N) is 3. The van der Waals surface area contributed by atoms with E-state index in [4.69, 9.17) is 0 Å². The fourth-order valence-electron chi connectivity index (χ4n) is 5.75. The first kappa shape index (κ1) is 28.0. The average Bonchev–Trinajstić information content (AvgIpc) is 3.63. The highest BCUT2D eigenvalue weighted by molar-refractivity contribution is 7.16. The van der Waals surface area contributed by atoms with Gasteiger partial charge in [0, 0.05) is 17.7 Å². The maximum absolute atomic E-state index is 13.8. The molecule has 0 bridgehead atoms. The Morgan fingerprint density at radius 3 is 2.42 bits per heavy atom. The molecule has 0 radical (unpaired) electrons. The van der Waals surface area contributed by atoms with Gasteiger partial charge in [-0.15, -0.1) is 11.3 Å². The highest BCUT2D eigenvalue weighted by Gasteiger charge is 2.52. The number of hydrogen-bond acceptors (Lipinski definition) is 6. The summed E-state index contributed by atoms with van der Waals surface area (Å²) in [6.45, 7) is 10.7. The number of likely N-dealkylation sites (tertiary alicyclic amines) is 2. The minimum Gasteiger partial charge on any atom is -0.340 e. The van der Waals surface area contributed by atoms with Crippen molar-refractivity contribution in [3.63, 3.8) is 0 Å². The van der Waals surface area contributed by atoms with Gasteiger partial charge in [-0.05, 0) is 60.1 Å². The molecule has 0 saturated carbocycles. The third-order valence-corrected chi connectivity index (χ3v) is 8.66. The molecule has 2 aliphatic rings. The largest absolute Gasteiger partial charge is 0.340 e. The van der Waals surface area contributed by atoms with Crippen LogP contribution in [-0.4, -0.2) is 69.5 Å². The summed E-state index contributed by atoms with van der Waals surface area (Å²) in [5.41, 5.74) is 4.65. The highest BCUT2D eigenvalue weighted by atomic mass is 32.1. The van der Waals surface area contributed by atoms with E-state index in [1.54, 1.807) is 33.5 Å². The number of rotatable bonds is 6. The van der Waals surface area contributed by atoms with E-state index in [9.17, 15) is 19.2 Å². The lowest BCUT2D eigenvalue weighted by Crippen LogP contribution is -2.53. The molecule has 40 heavy (non-hydrogen) atoms. The molecule has 2 aromatic carbocycles. The second kappa shape index (κ2) is 10.8. The van der Waals surface area contributed by atoms with Crippen LogP contribution < -0.4 is 5.32 Å². The number of carbonyl (C=O) groups is 4. The average molecular weight is 561 g/mol. The number of Topliss-reactive ketones (excluding diaryl/α,β-unsaturated/α-hetero) is 1. The topological polar surface area (TPSA) is 99.7 Å². The van der Waals surface area contributed by atoms with Gasteiger partial charge in [0.1, 0.15) is 12.1 Å². The molecule has 5 rings (SSSR count). The summed E-state index contributed by atoms with van der Waals surface area (Å²) in [5.74, 6) is -0.792. The Bertz CT molecular complexity index is 1460. The smallest absolute Gasteiger partial charge is 0.254 e. The van der Waals surface area contributed by atoms with Crippen LogP contribution in [0.2, 0.25) is 0 Å². The van der Waals surface area contributed by atoms with Gasteiger partial charge in [-0.1, -0.05) is 46.8 Å². The van der Waals surface area contributed by atoms with Crippen molar-refractivity contribution < 1.29 is 19.2 Å². The van der Waals surface area contributed by atoms with Crippen LogP contribution in [0.15, 0.2) is 48.0 Å². The van der Waals surface area contributed by atoms with Crippen molar-refractivity contribution in [1.29, 1.82) is 0 Å². The van der Waals surface area contributed by atoms with Crippen molar-refractivity contribution in [2.24, 2.45) is 5.92 Å². The molecule has 3 atom stereocenters. The number of thiazole rings is 1. The van der Waals surface area contributed by atoms with Gasteiger partial charge in [0.25, 0.3) is 11.8 Å². The van der Waals surface area contributed by atoms with Gasteiger partial charge in [-0.25, -0.2) is 4.98 Å². The van der Waals surface area contributed by atoms with E-state index in [1.165, 1.54) is 11.3 Å². The van der Waals surface area contributed by atoms with Crippen molar-refractivity contribution in [1.82, 2.24) is 20.1 Å². The molecular formula is C31H36N4O4S. The summed E-state index contributed by atoms with van der Waals surface area (Å²) in [7, 11) is 0. The van der Waals surface area contributed by atoms with Gasteiger partial charge in [0.05, 0.1) is 28.3 Å². The van der Waals surface area contributed by atoms with Crippen LogP contribution in [0.1, 0.15) is 73.7 Å². The molecule has 9 heteroatoms. The standard InChI is InChI=1S/C31H36N4O4S/c1-18(2)14-23(33-28(37)19-6-9-21(10-7-19)31(3,4)5)30(39)34-13-12-24-27(34)25(36)16-35(24)29(38)20-8-11-22-26(15-20)40-17-32-22/h6-11,15,17-18,23-24,27H,12-14,16H2,1-5H3,(H,33,37)/t23-,24+,27-/m0/s1. The van der Waals surface area contributed by atoms with Gasteiger partial charge in [0.15, 0.2) is 5.78 Å². The summed E-state index contributed by atoms with van der Waals surface area (Å²) in [6, 6.07) is 11.0. The molecule has 8 nitrogen and oxygen atoms in total. The SMILES string of the molecule is CC(C)C[C@H](NC(=O)c1ccc(C(C)(C)C)cc1)C(=O)N1CC[C@@H]2[C@H]1C(=O)CN2C(=O)c1ccc2ncsc2c1. The summed E-state index contributed by atoms with van der Waals surface area (Å²) < 4.78 is 0.913. The van der Waals surface area contributed by atoms with Crippen LogP contribution in [0.3, 0.4) is 0 Å². The third kappa shape index (κ3) is 5.39. The van der Waals surface area contributed by atoms with E-state index in [1.807, 2.05) is 38.1 Å². The van der Waals surface area contributed by atoms with Crippen LogP contribution in [-0.2, 0) is 15.0 Å². The molecule has 2 aliphatic heterocycles. The monoisotopic (exact) mass is 560 g/mol. The quantitative estimate of drug-likeness (QED) is 0.481. The molecule has 0 aliphatic carbocycles. The number of nitrogens with one attached hydrogen (secondary N) is 1. The zero-order valence-corrected chi connectivity index (χ0v) is 24.5. The highest BCUT2D eigenvalue weighted by Crippen LogP contribution is 2.32. The van der Waals surface area contributed by atoms with Crippen molar-refractivity contribution in [2.75, 3.05) is 13.1 Å². The number of fused-ring (bicyclic) bond motifs is 2. The zero-order chi connectivity index (χ0) is 28.8. The van der Waals surface area contributed by atoms with Crippen LogP contribution in [0.4, 0.5) is 0 Å². The second-order valence-corrected chi connectivity index (χ2v) is 13.1. The Labute approximate surface area is 238 Å². The molecule has 1 aromatic heterocycles. The molecule has 0 unspecified atom stereocenters. The normalized spacial score (nSPS) is 19.8. The van der Waals surface area contributed by atoms with Gasteiger partial charge < -0.3 is 15.1 Å². The molecule has 2 fully saturated rings. The fraction of sp³-hybridized carbons (Fsp3) is 0.452. The third-order valence-electron chi connectivity index (χ3n) is 7.87.